The molecule has 0 saturated carbocycles. The molecule has 1 aliphatic rings. The number of rotatable bonds is 4. The highest BCUT2D eigenvalue weighted by molar-refractivity contribution is 9.10. The molecular formula is C13H18BrNO3. The molecule has 100 valence electrons. The number of hydrogen-bond donors (Lipinski definition) is 1. The SMILES string of the molecule is COC1CN(Cc2cccc(Br)c2O)CC1OC. The van der Waals surface area contributed by atoms with Crippen LogP contribution in [0.25, 0.3) is 0 Å². The monoisotopic (exact) mass is 315 g/mol. The summed E-state index contributed by atoms with van der Waals surface area (Å²) in [6, 6.07) is 5.69. The fourth-order valence-electron chi connectivity index (χ4n) is 2.33. The van der Waals surface area contributed by atoms with E-state index >= 15 is 0 Å². The topological polar surface area (TPSA) is 41.9 Å². The van der Waals surface area contributed by atoms with E-state index in [1.54, 1.807) is 14.2 Å². The van der Waals surface area contributed by atoms with Gasteiger partial charge in [0.25, 0.3) is 0 Å². The van der Waals surface area contributed by atoms with Gasteiger partial charge in [0, 0.05) is 39.4 Å². The molecule has 1 fully saturated rings. The van der Waals surface area contributed by atoms with Crippen molar-refractivity contribution in [1.29, 1.82) is 0 Å². The molecule has 2 unspecified atom stereocenters. The second-order valence-electron chi connectivity index (χ2n) is 4.49. The lowest BCUT2D eigenvalue weighted by atomic mass is 10.2. The van der Waals surface area contributed by atoms with E-state index in [2.05, 4.69) is 20.8 Å². The molecule has 1 saturated heterocycles. The van der Waals surface area contributed by atoms with Crippen molar-refractivity contribution in [3.05, 3.63) is 28.2 Å². The maximum absolute atomic E-state index is 9.97. The van der Waals surface area contributed by atoms with Gasteiger partial charge in [0.15, 0.2) is 0 Å². The lowest BCUT2D eigenvalue weighted by molar-refractivity contribution is -0.00461. The molecule has 1 aliphatic heterocycles. The number of halogens is 1. The Kier molecular flexibility index (Phi) is 4.61. The van der Waals surface area contributed by atoms with E-state index in [0.717, 1.165) is 23.1 Å². The van der Waals surface area contributed by atoms with Crippen LogP contribution >= 0.6 is 15.9 Å². The Labute approximate surface area is 116 Å². The van der Waals surface area contributed by atoms with Crippen molar-refractivity contribution in [2.24, 2.45) is 0 Å². The first-order chi connectivity index (χ1) is 8.65. The van der Waals surface area contributed by atoms with Crippen molar-refractivity contribution in [3.63, 3.8) is 0 Å². The highest BCUT2D eigenvalue weighted by atomic mass is 79.9. The van der Waals surface area contributed by atoms with Gasteiger partial charge in [-0.15, -0.1) is 0 Å². The Bertz CT molecular complexity index is 401. The zero-order valence-corrected chi connectivity index (χ0v) is 12.2. The molecule has 0 amide bonds. The minimum atomic E-state index is 0.101. The van der Waals surface area contributed by atoms with Crippen LogP contribution in [-0.2, 0) is 16.0 Å². The van der Waals surface area contributed by atoms with Crippen molar-refractivity contribution in [2.45, 2.75) is 18.8 Å². The summed E-state index contributed by atoms with van der Waals surface area (Å²) < 4.78 is 11.5. The summed E-state index contributed by atoms with van der Waals surface area (Å²) in [7, 11) is 3.41. The molecule has 0 aliphatic carbocycles. The summed E-state index contributed by atoms with van der Waals surface area (Å²) in [5.74, 6) is 0.312. The third kappa shape index (κ3) is 2.85. The van der Waals surface area contributed by atoms with E-state index in [1.807, 2.05) is 18.2 Å². The summed E-state index contributed by atoms with van der Waals surface area (Å²) in [6.45, 7) is 2.34. The van der Waals surface area contributed by atoms with Gasteiger partial charge in [-0.2, -0.15) is 0 Å². The summed E-state index contributed by atoms with van der Waals surface area (Å²) in [6.07, 6.45) is 0.202. The van der Waals surface area contributed by atoms with Crippen molar-refractivity contribution >= 4 is 15.9 Å². The van der Waals surface area contributed by atoms with Crippen LogP contribution in [0.2, 0.25) is 0 Å². The average molecular weight is 316 g/mol. The standard InChI is InChI=1S/C13H18BrNO3/c1-17-11-7-15(8-12(11)18-2)6-9-4-3-5-10(14)13(9)16/h3-5,11-12,16H,6-8H2,1-2H3. The van der Waals surface area contributed by atoms with Crippen molar-refractivity contribution in [3.8, 4) is 5.75 Å². The summed E-state index contributed by atoms with van der Waals surface area (Å²) >= 11 is 3.33. The van der Waals surface area contributed by atoms with Gasteiger partial charge in [-0.1, -0.05) is 12.1 Å². The number of phenolic OH excluding ortho intramolecular Hbond substituents is 1. The molecule has 1 aromatic rings. The zero-order valence-electron chi connectivity index (χ0n) is 10.6. The van der Waals surface area contributed by atoms with E-state index in [4.69, 9.17) is 9.47 Å². The molecule has 0 aromatic heterocycles. The molecule has 4 nitrogen and oxygen atoms in total. The third-order valence-corrected chi connectivity index (χ3v) is 4.00. The van der Waals surface area contributed by atoms with E-state index < -0.39 is 0 Å². The van der Waals surface area contributed by atoms with Crippen LogP contribution < -0.4 is 0 Å². The number of benzene rings is 1. The van der Waals surface area contributed by atoms with Gasteiger partial charge in [-0.05, 0) is 22.0 Å². The Balaban J connectivity index is 2.05. The fraction of sp³-hybridized carbons (Fsp3) is 0.538. The predicted molar refractivity (Wildman–Crippen MR) is 72.7 cm³/mol. The van der Waals surface area contributed by atoms with E-state index in [-0.39, 0.29) is 12.2 Å². The Morgan fingerprint density at radius 3 is 2.44 bits per heavy atom. The van der Waals surface area contributed by atoms with Gasteiger partial charge in [-0.3, -0.25) is 4.90 Å². The van der Waals surface area contributed by atoms with Crippen LogP contribution in [-0.4, -0.2) is 49.5 Å². The molecular weight excluding hydrogens is 298 g/mol. The number of para-hydroxylation sites is 1. The second-order valence-corrected chi connectivity index (χ2v) is 5.34. The first kappa shape index (κ1) is 13.8. The maximum atomic E-state index is 9.97. The first-order valence-corrected chi connectivity index (χ1v) is 6.69. The lowest BCUT2D eigenvalue weighted by Crippen LogP contribution is -2.27. The highest BCUT2D eigenvalue weighted by Gasteiger charge is 2.33. The number of methoxy groups -OCH3 is 2. The molecule has 18 heavy (non-hydrogen) atoms. The Morgan fingerprint density at radius 1 is 1.28 bits per heavy atom. The van der Waals surface area contributed by atoms with Crippen LogP contribution in [0.1, 0.15) is 5.56 Å². The van der Waals surface area contributed by atoms with Crippen LogP contribution in [0.3, 0.4) is 0 Å². The van der Waals surface area contributed by atoms with Crippen molar-refractivity contribution in [2.75, 3.05) is 27.3 Å². The largest absolute Gasteiger partial charge is 0.506 e. The normalized spacial score (nSPS) is 24.6. The molecule has 1 aromatic carbocycles. The van der Waals surface area contributed by atoms with Crippen LogP contribution in [0.5, 0.6) is 5.75 Å². The van der Waals surface area contributed by atoms with Gasteiger partial charge in [0.1, 0.15) is 5.75 Å². The van der Waals surface area contributed by atoms with Crippen LogP contribution in [0, 0.1) is 0 Å². The predicted octanol–water partition coefficient (Wildman–Crippen LogP) is 2.00. The Morgan fingerprint density at radius 2 is 1.89 bits per heavy atom. The van der Waals surface area contributed by atoms with Gasteiger partial charge in [-0.25, -0.2) is 0 Å². The van der Waals surface area contributed by atoms with Gasteiger partial charge in [0.05, 0.1) is 16.7 Å². The molecule has 2 rings (SSSR count). The molecule has 5 heteroatoms. The zero-order chi connectivity index (χ0) is 13.1. The van der Waals surface area contributed by atoms with Crippen molar-refractivity contribution < 1.29 is 14.6 Å². The van der Waals surface area contributed by atoms with Gasteiger partial charge >= 0.3 is 0 Å². The molecule has 1 heterocycles. The Hall–Kier alpha value is -0.620. The molecule has 0 radical (unpaired) electrons. The van der Waals surface area contributed by atoms with Crippen molar-refractivity contribution in [1.82, 2.24) is 4.90 Å². The minimum absolute atomic E-state index is 0.101. The molecule has 1 N–H and O–H groups in total. The number of ether oxygens (including phenoxy) is 2. The summed E-state index contributed by atoms with van der Waals surface area (Å²) in [5, 5.41) is 9.97. The second kappa shape index (κ2) is 6.02. The smallest absolute Gasteiger partial charge is 0.134 e. The number of hydrogen-bond acceptors (Lipinski definition) is 4. The number of phenols is 1. The average Bonchev–Trinajstić information content (AvgIpc) is 2.77. The molecule has 0 spiro atoms. The van der Waals surface area contributed by atoms with Crippen LogP contribution in [0.15, 0.2) is 22.7 Å². The molecule has 0 bridgehead atoms. The minimum Gasteiger partial charge on any atom is -0.506 e. The number of aromatic hydroxyl groups is 1. The highest BCUT2D eigenvalue weighted by Crippen LogP contribution is 2.29. The van der Waals surface area contributed by atoms with E-state index in [0.29, 0.717) is 12.3 Å². The van der Waals surface area contributed by atoms with Gasteiger partial charge in [0.2, 0.25) is 0 Å². The van der Waals surface area contributed by atoms with Crippen LogP contribution in [0.4, 0.5) is 0 Å². The first-order valence-electron chi connectivity index (χ1n) is 5.90. The number of nitrogens with zero attached hydrogens (tertiary/aromatic N) is 1. The van der Waals surface area contributed by atoms with E-state index in [1.165, 1.54) is 0 Å². The number of likely N-dealkylation sites (tertiary alicyclic amines) is 1. The molecule has 2 atom stereocenters. The van der Waals surface area contributed by atoms with E-state index in [9.17, 15) is 5.11 Å². The van der Waals surface area contributed by atoms with Gasteiger partial charge < -0.3 is 14.6 Å². The lowest BCUT2D eigenvalue weighted by Gasteiger charge is -2.16. The maximum Gasteiger partial charge on any atom is 0.134 e. The summed E-state index contributed by atoms with van der Waals surface area (Å²) in [4.78, 5) is 2.23. The summed E-state index contributed by atoms with van der Waals surface area (Å²) in [5.41, 5.74) is 0.913. The fourth-order valence-corrected chi connectivity index (χ4v) is 2.74. The third-order valence-electron chi connectivity index (χ3n) is 3.36. The quantitative estimate of drug-likeness (QED) is 0.923.